The van der Waals surface area contributed by atoms with Gasteiger partial charge in [0, 0.05) is 19.2 Å². The van der Waals surface area contributed by atoms with Gasteiger partial charge in [-0.05, 0) is 25.7 Å². The van der Waals surface area contributed by atoms with E-state index in [1.165, 1.54) is 0 Å². The van der Waals surface area contributed by atoms with Crippen molar-refractivity contribution in [3.05, 3.63) is 11.8 Å². The standard InChI is InChI=1S/C12H21N3O3/c1-3-4-10(5-6-16)8-13-12(17)14-11-7-9(2)18-15-11/h7,10,16H,3-6,8H2,1-2H3,(H2,13,14,15,17). The van der Waals surface area contributed by atoms with Crippen molar-refractivity contribution in [2.24, 2.45) is 5.92 Å². The predicted molar refractivity (Wildman–Crippen MR) is 68.4 cm³/mol. The van der Waals surface area contributed by atoms with Gasteiger partial charge in [0.15, 0.2) is 5.82 Å². The fourth-order valence-corrected chi connectivity index (χ4v) is 1.76. The first-order chi connectivity index (χ1) is 8.65. The Bertz CT molecular complexity index is 359. The smallest absolute Gasteiger partial charge is 0.320 e. The Balaban J connectivity index is 2.30. The minimum absolute atomic E-state index is 0.149. The highest BCUT2D eigenvalue weighted by Gasteiger charge is 2.10. The van der Waals surface area contributed by atoms with E-state index in [0.29, 0.717) is 30.5 Å². The van der Waals surface area contributed by atoms with Crippen LogP contribution >= 0.6 is 0 Å². The summed E-state index contributed by atoms with van der Waals surface area (Å²) < 4.78 is 4.84. The first-order valence-corrected chi connectivity index (χ1v) is 6.24. The average Bonchev–Trinajstić information content (AvgIpc) is 2.72. The molecule has 0 bridgehead atoms. The molecule has 1 aromatic heterocycles. The summed E-state index contributed by atoms with van der Waals surface area (Å²) in [5, 5.41) is 17.9. The van der Waals surface area contributed by atoms with Crippen molar-refractivity contribution in [1.29, 1.82) is 0 Å². The molecule has 1 unspecified atom stereocenters. The van der Waals surface area contributed by atoms with Crippen molar-refractivity contribution in [2.45, 2.75) is 33.1 Å². The van der Waals surface area contributed by atoms with Gasteiger partial charge in [-0.3, -0.25) is 5.32 Å². The van der Waals surface area contributed by atoms with Crippen molar-refractivity contribution < 1.29 is 14.4 Å². The average molecular weight is 255 g/mol. The molecule has 6 nitrogen and oxygen atoms in total. The number of nitrogens with one attached hydrogen (secondary N) is 2. The van der Waals surface area contributed by atoms with Crippen LogP contribution in [0.5, 0.6) is 0 Å². The number of urea groups is 1. The zero-order valence-corrected chi connectivity index (χ0v) is 10.9. The number of aryl methyl sites for hydroxylation is 1. The molecule has 1 rings (SSSR count). The molecule has 0 fully saturated rings. The molecule has 0 aliphatic rings. The van der Waals surface area contributed by atoms with Gasteiger partial charge in [-0.2, -0.15) is 0 Å². The summed E-state index contributed by atoms with van der Waals surface area (Å²) in [5.74, 6) is 1.36. The number of hydrogen-bond donors (Lipinski definition) is 3. The van der Waals surface area contributed by atoms with E-state index < -0.39 is 0 Å². The Morgan fingerprint density at radius 2 is 2.33 bits per heavy atom. The fourth-order valence-electron chi connectivity index (χ4n) is 1.76. The third kappa shape index (κ3) is 5.18. The number of anilines is 1. The Morgan fingerprint density at radius 3 is 2.89 bits per heavy atom. The van der Waals surface area contributed by atoms with E-state index in [1.54, 1.807) is 13.0 Å². The fraction of sp³-hybridized carbons (Fsp3) is 0.667. The highest BCUT2D eigenvalue weighted by molar-refractivity contribution is 5.88. The summed E-state index contributed by atoms with van der Waals surface area (Å²) in [6.07, 6.45) is 2.73. The minimum Gasteiger partial charge on any atom is -0.396 e. The number of rotatable bonds is 7. The van der Waals surface area contributed by atoms with Gasteiger partial charge >= 0.3 is 6.03 Å². The van der Waals surface area contributed by atoms with Gasteiger partial charge in [-0.25, -0.2) is 4.79 Å². The Hall–Kier alpha value is -1.56. The lowest BCUT2D eigenvalue weighted by atomic mass is 10.0. The van der Waals surface area contributed by atoms with Crippen LogP contribution < -0.4 is 10.6 Å². The second-order valence-electron chi connectivity index (χ2n) is 4.32. The number of aromatic nitrogens is 1. The van der Waals surface area contributed by atoms with Gasteiger partial charge in [0.05, 0.1) is 0 Å². The number of aliphatic hydroxyl groups excluding tert-OH is 1. The molecule has 1 heterocycles. The van der Waals surface area contributed by atoms with Crippen molar-refractivity contribution >= 4 is 11.8 Å². The van der Waals surface area contributed by atoms with Crippen LogP contribution in [0.4, 0.5) is 10.6 Å². The molecule has 2 amide bonds. The zero-order chi connectivity index (χ0) is 13.4. The summed E-state index contributed by atoms with van der Waals surface area (Å²) in [4.78, 5) is 11.6. The molecule has 1 atom stereocenters. The molecule has 0 aliphatic carbocycles. The van der Waals surface area contributed by atoms with Gasteiger partial charge in [-0.1, -0.05) is 18.5 Å². The van der Waals surface area contributed by atoms with Crippen LogP contribution in [0.15, 0.2) is 10.6 Å². The van der Waals surface area contributed by atoms with Gasteiger partial charge in [0.2, 0.25) is 0 Å². The summed E-state index contributed by atoms with van der Waals surface area (Å²) in [6, 6.07) is 1.35. The molecule has 0 saturated heterocycles. The Labute approximate surface area is 107 Å². The SMILES string of the molecule is CCCC(CCO)CNC(=O)Nc1cc(C)on1. The molecule has 0 saturated carbocycles. The number of carbonyl (C=O) groups excluding carboxylic acids is 1. The third-order valence-electron chi connectivity index (χ3n) is 2.66. The van der Waals surface area contributed by atoms with Gasteiger partial charge < -0.3 is 14.9 Å². The first kappa shape index (κ1) is 14.5. The maximum absolute atomic E-state index is 11.6. The number of carbonyl (C=O) groups is 1. The van der Waals surface area contributed by atoms with Crippen molar-refractivity contribution in [3.8, 4) is 0 Å². The number of aliphatic hydroxyl groups is 1. The van der Waals surface area contributed by atoms with E-state index in [1.807, 2.05) is 0 Å². The molecule has 6 heteroatoms. The van der Waals surface area contributed by atoms with Gasteiger partial charge in [0.1, 0.15) is 5.76 Å². The van der Waals surface area contributed by atoms with Crippen LogP contribution in [0, 0.1) is 12.8 Å². The predicted octanol–water partition coefficient (Wildman–Crippen LogP) is 1.90. The third-order valence-corrected chi connectivity index (χ3v) is 2.66. The number of amides is 2. The quantitative estimate of drug-likeness (QED) is 0.694. The number of nitrogens with zero attached hydrogens (tertiary/aromatic N) is 1. The molecule has 3 N–H and O–H groups in total. The Kier molecular flexibility index (Phi) is 6.21. The van der Waals surface area contributed by atoms with E-state index in [0.717, 1.165) is 12.8 Å². The lowest BCUT2D eigenvalue weighted by Crippen LogP contribution is -2.33. The minimum atomic E-state index is -0.303. The van der Waals surface area contributed by atoms with E-state index in [2.05, 4.69) is 22.7 Å². The van der Waals surface area contributed by atoms with E-state index >= 15 is 0 Å². The molecule has 102 valence electrons. The number of hydrogen-bond acceptors (Lipinski definition) is 4. The van der Waals surface area contributed by atoms with Crippen molar-refractivity contribution in [2.75, 3.05) is 18.5 Å². The molecule has 18 heavy (non-hydrogen) atoms. The largest absolute Gasteiger partial charge is 0.396 e. The van der Waals surface area contributed by atoms with Crippen molar-refractivity contribution in [1.82, 2.24) is 10.5 Å². The van der Waals surface area contributed by atoms with Crippen molar-refractivity contribution in [3.63, 3.8) is 0 Å². The highest BCUT2D eigenvalue weighted by Crippen LogP contribution is 2.10. The monoisotopic (exact) mass is 255 g/mol. The van der Waals surface area contributed by atoms with Crippen LogP contribution in [-0.2, 0) is 0 Å². The van der Waals surface area contributed by atoms with Crippen LogP contribution in [0.3, 0.4) is 0 Å². The van der Waals surface area contributed by atoms with Crippen LogP contribution in [-0.4, -0.2) is 29.4 Å². The van der Waals surface area contributed by atoms with Gasteiger partial charge in [0.25, 0.3) is 0 Å². The van der Waals surface area contributed by atoms with Gasteiger partial charge in [-0.15, -0.1) is 0 Å². The highest BCUT2D eigenvalue weighted by atomic mass is 16.5. The summed E-state index contributed by atoms with van der Waals surface area (Å²) in [6.45, 7) is 4.55. The van der Waals surface area contributed by atoms with E-state index in [4.69, 9.17) is 9.63 Å². The van der Waals surface area contributed by atoms with E-state index in [-0.39, 0.29) is 12.6 Å². The second-order valence-corrected chi connectivity index (χ2v) is 4.32. The second kappa shape index (κ2) is 7.71. The lowest BCUT2D eigenvalue weighted by Gasteiger charge is -2.15. The molecular formula is C12H21N3O3. The maximum Gasteiger partial charge on any atom is 0.320 e. The van der Waals surface area contributed by atoms with Crippen LogP contribution in [0.2, 0.25) is 0 Å². The maximum atomic E-state index is 11.6. The summed E-state index contributed by atoms with van der Waals surface area (Å²) in [5.41, 5.74) is 0. The molecule has 0 aliphatic heterocycles. The molecule has 0 aromatic carbocycles. The summed E-state index contributed by atoms with van der Waals surface area (Å²) in [7, 11) is 0. The topological polar surface area (TPSA) is 87.4 Å². The Morgan fingerprint density at radius 1 is 1.56 bits per heavy atom. The first-order valence-electron chi connectivity index (χ1n) is 6.24. The molecule has 0 spiro atoms. The zero-order valence-electron chi connectivity index (χ0n) is 10.9. The summed E-state index contributed by atoms with van der Waals surface area (Å²) >= 11 is 0. The van der Waals surface area contributed by atoms with Crippen LogP contribution in [0.25, 0.3) is 0 Å². The van der Waals surface area contributed by atoms with Crippen LogP contribution in [0.1, 0.15) is 31.9 Å². The molecular weight excluding hydrogens is 234 g/mol. The normalized spacial score (nSPS) is 12.2. The lowest BCUT2D eigenvalue weighted by molar-refractivity contribution is 0.236. The molecule has 1 aromatic rings. The molecule has 0 radical (unpaired) electrons. The van der Waals surface area contributed by atoms with E-state index in [9.17, 15) is 4.79 Å².